The highest BCUT2D eigenvalue weighted by atomic mass is 32.3. The zero-order valence-corrected chi connectivity index (χ0v) is 51.4. The molecule has 0 aliphatic carbocycles. The summed E-state index contributed by atoms with van der Waals surface area (Å²) in [5.74, 6) is 0. The molecule has 0 heterocycles. The molecule has 0 saturated heterocycles. The molecule has 468 valence electrons. The summed E-state index contributed by atoms with van der Waals surface area (Å²) < 4.78 is 89.1. The largest absolute Gasteiger partial charge is 0.707 e. The number of quaternary nitrogens is 3. The van der Waals surface area contributed by atoms with Crippen molar-refractivity contribution in [2.24, 2.45) is 0 Å². The monoisotopic (exact) mass is 1190 g/mol. The summed E-state index contributed by atoms with van der Waals surface area (Å²) in [5, 5.41) is 110. The van der Waals surface area contributed by atoms with Crippen molar-refractivity contribution < 1.29 is 132 Å². The zero-order chi connectivity index (χ0) is 62.3. The molecule has 36 heteroatoms. The SMILES string of the molecule is CN(C)C.CN(C)CCO.CN(CCO)CCO.CS(=O)(=O)O[O-].CS(=O)(=O)O[O-].CS(=O)(=O)O[O-].CS(C)(=O)(O)OO.C[N+](C)(C)C.C[N+](C)(C)CCO.C[N+](C)(CCO)CCO.OCCN(CCO)CCO. The number of nitrogens with zero attached hydrogens (tertiary/aromatic N) is 7. The van der Waals surface area contributed by atoms with Crippen molar-refractivity contribution in [3.8, 4) is 0 Å². The minimum Gasteiger partial charge on any atom is -0.707 e. The van der Waals surface area contributed by atoms with Crippen LogP contribution in [0.25, 0.3) is 0 Å². The maximum atomic E-state index is 10.2. The first-order valence-electron chi connectivity index (χ1n) is 21.6. The van der Waals surface area contributed by atoms with Crippen molar-refractivity contribution in [3.05, 3.63) is 0 Å². The Morgan fingerprint density at radius 2 is 0.649 bits per heavy atom. The zero-order valence-electron chi connectivity index (χ0n) is 48.1. The summed E-state index contributed by atoms with van der Waals surface area (Å²) in [4.78, 5) is 7.58. The highest BCUT2D eigenvalue weighted by molar-refractivity contribution is 8.09. The van der Waals surface area contributed by atoms with Crippen molar-refractivity contribution in [2.45, 2.75) is 0 Å². The van der Waals surface area contributed by atoms with Gasteiger partial charge in [0.1, 0.15) is 29.3 Å². The molecule has 32 nitrogen and oxygen atoms in total. The number of hydrogen-bond acceptors (Lipinski definition) is 28. The summed E-state index contributed by atoms with van der Waals surface area (Å²) in [5.41, 5.74) is 0. The van der Waals surface area contributed by atoms with Gasteiger partial charge in [-0.3, -0.25) is 4.90 Å². The molecule has 0 unspecified atom stereocenters. The average Bonchev–Trinajstić information content (AvgIpc) is 3.18. The fourth-order valence-corrected chi connectivity index (χ4v) is 2.37. The Balaban J connectivity index is -0.0000000661. The molecular formula is C38H107N7O25S4. The molecule has 74 heavy (non-hydrogen) atoms. The smallest absolute Gasteiger partial charge is 0.255 e. The Hall–Kier alpha value is -1.00. The molecular weight excluding hydrogens is 1080 g/mol. The quantitative estimate of drug-likeness (QED) is 0.0272. The number of likely N-dealkylation sites (N-methyl/N-ethyl adjacent to an activating group) is 4. The van der Waals surface area contributed by atoms with Gasteiger partial charge in [0.05, 0.1) is 142 Å². The lowest BCUT2D eigenvalue weighted by Crippen LogP contribution is -2.43. The molecule has 0 saturated carbocycles. The van der Waals surface area contributed by atoms with Crippen LogP contribution < -0.4 is 15.8 Å². The van der Waals surface area contributed by atoms with Gasteiger partial charge >= 0.3 is 0 Å². The molecule has 0 amide bonds. The van der Waals surface area contributed by atoms with Crippen molar-refractivity contribution in [2.75, 3.05) is 255 Å². The molecule has 0 atom stereocenters. The Kier molecular flexibility index (Phi) is 77.4. The number of hydrogen-bond donors (Lipinski definition) is 11. The fourth-order valence-electron chi connectivity index (χ4n) is 2.37. The minimum atomic E-state index is -4.06. The predicted molar refractivity (Wildman–Crippen MR) is 279 cm³/mol. The topological polar surface area (TPSA) is 461 Å². The van der Waals surface area contributed by atoms with E-state index in [2.05, 4.69) is 66.7 Å². The van der Waals surface area contributed by atoms with E-state index in [1.165, 1.54) is 0 Å². The Morgan fingerprint density at radius 3 is 0.730 bits per heavy atom. The third-order valence-electron chi connectivity index (χ3n) is 5.52. The summed E-state index contributed by atoms with van der Waals surface area (Å²) in [6.07, 6.45) is 3.84. The molecule has 0 aromatic heterocycles. The molecule has 0 aromatic rings. The van der Waals surface area contributed by atoms with Crippen LogP contribution in [0.1, 0.15) is 0 Å². The number of aliphatic hydroxyl groups excluding tert-OH is 9. The van der Waals surface area contributed by atoms with Gasteiger partial charge in [0, 0.05) is 51.8 Å². The summed E-state index contributed by atoms with van der Waals surface area (Å²) in [6.45, 7) is 7.29. The maximum Gasteiger partial charge on any atom is 0.255 e. The lowest BCUT2D eigenvalue weighted by molar-refractivity contribution is -0.890. The molecule has 11 N–H and O–H groups in total. The van der Waals surface area contributed by atoms with E-state index in [0.29, 0.717) is 69.1 Å². The summed E-state index contributed by atoms with van der Waals surface area (Å²) >= 11 is 0. The molecule has 0 spiro atoms. The van der Waals surface area contributed by atoms with E-state index in [0.717, 1.165) is 34.6 Å². The van der Waals surface area contributed by atoms with Crippen LogP contribution >= 0.6 is 0 Å². The summed E-state index contributed by atoms with van der Waals surface area (Å²) in [7, 11) is 15.1. The van der Waals surface area contributed by atoms with Gasteiger partial charge in [-0.15, -0.1) is 4.33 Å². The van der Waals surface area contributed by atoms with Crippen LogP contribution in [0.5, 0.6) is 0 Å². The van der Waals surface area contributed by atoms with Gasteiger partial charge < -0.3 is 107 Å². The first kappa shape index (κ1) is 98.4. The van der Waals surface area contributed by atoms with Crippen LogP contribution in [0.4, 0.5) is 0 Å². The van der Waals surface area contributed by atoms with Gasteiger partial charge in [-0.1, -0.05) is 0 Å². The lowest BCUT2D eigenvalue weighted by atomic mass is 10.4. The fraction of sp³-hybridized carbons (Fsp3) is 1.00. The third kappa shape index (κ3) is 197. The van der Waals surface area contributed by atoms with Gasteiger partial charge in [-0.25, -0.2) is 34.7 Å². The van der Waals surface area contributed by atoms with E-state index in [1.54, 1.807) is 4.90 Å². The number of rotatable bonds is 22. The standard InChI is InChI=1S/C6H15NO3.C6H16NO2.C5H13NO2.C5H14NO.C4H11NO.C4H12N.C3H9N.C2H8O4S.3CH4O4S/c8-4-1-7(2-5-9)3-6-10;1-7(2,3-5-8)4-6-9;1-6(2-4-7)3-5-8;1-6(2,3)4-5-7;1-5(2)3-4-6;1-5(2,3)4;1-4(2)3;1-7(2,4,5)6-3;3*1-6(3,4)5-2/h8-10H,1-6H2;8-9H,3-6H2,1-2H3;7-8H,2-5H2,1H3;7H,4-5H2,1-3H3;6H,3-4H2,1-2H3;1-4H3;1-3H3;3H,1-2H3,(H,4,5);3*2H,1H3/q;+1;;+1;;+1;;;;;/p-3. The van der Waals surface area contributed by atoms with Crippen molar-refractivity contribution in [3.63, 3.8) is 0 Å². The van der Waals surface area contributed by atoms with Gasteiger partial charge in [0.2, 0.25) is 0 Å². The second kappa shape index (κ2) is 58.2. The van der Waals surface area contributed by atoms with Crippen molar-refractivity contribution in [1.82, 2.24) is 19.6 Å². The van der Waals surface area contributed by atoms with E-state index in [4.69, 9.17) is 71.5 Å². The van der Waals surface area contributed by atoms with E-state index in [-0.39, 0.29) is 59.5 Å². The molecule has 0 aliphatic rings. The van der Waals surface area contributed by atoms with Gasteiger partial charge in [-0.05, 0) is 42.3 Å². The van der Waals surface area contributed by atoms with Crippen LogP contribution in [-0.2, 0) is 57.3 Å². The second-order valence-corrected chi connectivity index (χ2v) is 27.0. The first-order valence-corrected chi connectivity index (χ1v) is 29.8. The highest BCUT2D eigenvalue weighted by Gasteiger charge is 2.18. The van der Waals surface area contributed by atoms with E-state index in [9.17, 15) is 29.5 Å². The number of aliphatic hydroxyl groups is 9. The molecule has 0 bridgehead atoms. The molecule has 0 radical (unpaired) electrons. The van der Waals surface area contributed by atoms with E-state index in [1.807, 2.05) is 71.1 Å². The minimum absolute atomic E-state index is 0.0694. The van der Waals surface area contributed by atoms with Crippen molar-refractivity contribution in [1.29, 1.82) is 0 Å². The van der Waals surface area contributed by atoms with Crippen LogP contribution in [0.2, 0.25) is 0 Å². The average molecular weight is 1190 g/mol. The Labute approximate surface area is 445 Å². The summed E-state index contributed by atoms with van der Waals surface area (Å²) in [6, 6.07) is 0. The molecule has 0 aliphatic heterocycles. The highest BCUT2D eigenvalue weighted by Crippen LogP contribution is 2.08. The van der Waals surface area contributed by atoms with Gasteiger partial charge in [0.15, 0.2) is 0 Å². The van der Waals surface area contributed by atoms with Crippen LogP contribution in [0.15, 0.2) is 0 Å². The molecule has 0 rings (SSSR count). The maximum absolute atomic E-state index is 10.2. The molecule has 0 fully saturated rings. The normalized spacial score (nSPS) is 11.8. The van der Waals surface area contributed by atoms with E-state index >= 15 is 0 Å². The van der Waals surface area contributed by atoms with Crippen LogP contribution in [-0.4, -0.2) is 374 Å². The lowest BCUT2D eigenvalue weighted by Gasteiger charge is -2.27. The van der Waals surface area contributed by atoms with Crippen molar-refractivity contribution >= 4 is 40.0 Å². The Morgan fingerprint density at radius 1 is 0.459 bits per heavy atom. The second-order valence-electron chi connectivity index (χ2n) is 18.9. The Bertz CT molecular complexity index is 1400. The third-order valence-corrected chi connectivity index (χ3v) is 6.69. The first-order chi connectivity index (χ1) is 32.8. The van der Waals surface area contributed by atoms with Crippen LogP contribution in [0, 0.1) is 0 Å². The van der Waals surface area contributed by atoms with E-state index < -0.39 is 40.0 Å². The molecule has 0 aromatic carbocycles. The van der Waals surface area contributed by atoms with Crippen LogP contribution in [0.3, 0.4) is 0 Å². The van der Waals surface area contributed by atoms with Gasteiger partial charge in [0.25, 0.3) is 30.4 Å². The predicted octanol–water partition coefficient (Wildman–Crippen LogP) is -9.40. The van der Waals surface area contributed by atoms with Gasteiger partial charge in [-0.2, -0.15) is 0 Å².